The van der Waals surface area contributed by atoms with Gasteiger partial charge in [-0.3, -0.25) is 14.4 Å². The fraction of sp³-hybridized carbons (Fsp3) is 0.692. The third-order valence-electron chi connectivity index (χ3n) is 3.31. The molecule has 0 unspecified atom stereocenters. The van der Waals surface area contributed by atoms with E-state index in [1.165, 1.54) is 0 Å². The molecule has 0 bridgehead atoms. The highest BCUT2D eigenvalue weighted by Crippen LogP contribution is 2.03. The molecule has 1 N–H and O–H groups in total. The van der Waals surface area contributed by atoms with E-state index in [0.29, 0.717) is 6.54 Å². The Labute approximate surface area is 114 Å². The standard InChI is InChI=1S/C13H23N5O/c1-16(9-12-8-15-17(2)10-12)11-13(19)18-6-3-4-14-5-7-18/h8,10,14H,3-7,9,11H2,1-2H3. The molecule has 0 atom stereocenters. The maximum absolute atomic E-state index is 12.2. The van der Waals surface area contributed by atoms with Crippen LogP contribution in [0.5, 0.6) is 0 Å². The number of hydrogen-bond acceptors (Lipinski definition) is 4. The average molecular weight is 265 g/mol. The molecule has 1 aromatic rings. The van der Waals surface area contributed by atoms with Crippen molar-refractivity contribution in [1.82, 2.24) is 24.9 Å². The molecule has 106 valence electrons. The number of aromatic nitrogens is 2. The van der Waals surface area contributed by atoms with Crippen LogP contribution in [0.1, 0.15) is 12.0 Å². The quantitative estimate of drug-likeness (QED) is 0.810. The highest BCUT2D eigenvalue weighted by atomic mass is 16.2. The minimum absolute atomic E-state index is 0.218. The lowest BCUT2D eigenvalue weighted by Gasteiger charge is -2.23. The van der Waals surface area contributed by atoms with Gasteiger partial charge in [-0.25, -0.2) is 0 Å². The van der Waals surface area contributed by atoms with Gasteiger partial charge in [-0.05, 0) is 20.0 Å². The molecule has 19 heavy (non-hydrogen) atoms. The van der Waals surface area contributed by atoms with Crippen LogP contribution in [0, 0.1) is 0 Å². The highest BCUT2D eigenvalue weighted by molar-refractivity contribution is 5.78. The van der Waals surface area contributed by atoms with E-state index in [9.17, 15) is 4.79 Å². The van der Waals surface area contributed by atoms with Gasteiger partial charge in [0.05, 0.1) is 12.7 Å². The normalized spacial score (nSPS) is 16.7. The fourth-order valence-electron chi connectivity index (χ4n) is 2.35. The Bertz CT molecular complexity index is 409. The largest absolute Gasteiger partial charge is 0.340 e. The Morgan fingerprint density at radius 2 is 2.32 bits per heavy atom. The summed E-state index contributed by atoms with van der Waals surface area (Å²) < 4.78 is 1.78. The summed E-state index contributed by atoms with van der Waals surface area (Å²) in [5.74, 6) is 0.218. The van der Waals surface area contributed by atoms with Crippen molar-refractivity contribution in [2.24, 2.45) is 7.05 Å². The summed E-state index contributed by atoms with van der Waals surface area (Å²) in [7, 11) is 3.87. The summed E-state index contributed by atoms with van der Waals surface area (Å²) in [5, 5.41) is 7.45. The van der Waals surface area contributed by atoms with E-state index in [2.05, 4.69) is 10.4 Å². The molecule has 2 heterocycles. The summed E-state index contributed by atoms with van der Waals surface area (Å²) in [6, 6.07) is 0. The molecular formula is C13H23N5O. The van der Waals surface area contributed by atoms with E-state index in [-0.39, 0.29) is 5.91 Å². The SMILES string of the molecule is CN(CC(=O)N1CCCNCC1)Cc1cnn(C)c1. The van der Waals surface area contributed by atoms with Gasteiger partial charge in [0.2, 0.25) is 5.91 Å². The smallest absolute Gasteiger partial charge is 0.236 e. The number of carbonyl (C=O) groups is 1. The number of likely N-dealkylation sites (N-methyl/N-ethyl adjacent to an activating group) is 1. The minimum Gasteiger partial charge on any atom is -0.340 e. The van der Waals surface area contributed by atoms with Crippen LogP contribution in [0.4, 0.5) is 0 Å². The first-order valence-corrected chi connectivity index (χ1v) is 6.80. The van der Waals surface area contributed by atoms with Crippen LogP contribution >= 0.6 is 0 Å². The van der Waals surface area contributed by atoms with E-state index in [1.807, 2.05) is 36.3 Å². The first-order valence-electron chi connectivity index (χ1n) is 6.80. The van der Waals surface area contributed by atoms with E-state index < -0.39 is 0 Å². The molecule has 0 spiro atoms. The number of carbonyl (C=O) groups excluding carboxylic acids is 1. The monoisotopic (exact) mass is 265 g/mol. The van der Waals surface area contributed by atoms with Crippen molar-refractivity contribution in [3.63, 3.8) is 0 Å². The summed E-state index contributed by atoms with van der Waals surface area (Å²) in [6.07, 6.45) is 4.87. The van der Waals surface area contributed by atoms with Crippen LogP contribution in [0.25, 0.3) is 0 Å². The van der Waals surface area contributed by atoms with Crippen LogP contribution in [0.3, 0.4) is 0 Å². The fourth-order valence-corrected chi connectivity index (χ4v) is 2.35. The molecule has 6 heteroatoms. The van der Waals surface area contributed by atoms with Gasteiger partial charge in [0.25, 0.3) is 0 Å². The van der Waals surface area contributed by atoms with Gasteiger partial charge in [-0.15, -0.1) is 0 Å². The lowest BCUT2D eigenvalue weighted by Crippen LogP contribution is -2.40. The van der Waals surface area contributed by atoms with Crippen molar-refractivity contribution in [2.45, 2.75) is 13.0 Å². The maximum Gasteiger partial charge on any atom is 0.236 e. The van der Waals surface area contributed by atoms with Gasteiger partial charge < -0.3 is 10.2 Å². The van der Waals surface area contributed by atoms with Crippen molar-refractivity contribution in [1.29, 1.82) is 0 Å². The Morgan fingerprint density at radius 1 is 1.47 bits per heavy atom. The molecule has 1 fully saturated rings. The lowest BCUT2D eigenvalue weighted by atomic mass is 10.3. The Morgan fingerprint density at radius 3 is 3.05 bits per heavy atom. The molecule has 0 radical (unpaired) electrons. The predicted molar refractivity (Wildman–Crippen MR) is 73.6 cm³/mol. The van der Waals surface area contributed by atoms with Gasteiger partial charge >= 0.3 is 0 Å². The minimum atomic E-state index is 0.218. The molecule has 0 saturated carbocycles. The maximum atomic E-state index is 12.2. The lowest BCUT2D eigenvalue weighted by molar-refractivity contribution is -0.132. The second-order valence-corrected chi connectivity index (χ2v) is 5.18. The van der Waals surface area contributed by atoms with Gasteiger partial charge in [0.1, 0.15) is 0 Å². The number of aryl methyl sites for hydroxylation is 1. The first kappa shape index (κ1) is 14.0. The van der Waals surface area contributed by atoms with Gasteiger partial charge in [0.15, 0.2) is 0 Å². The summed E-state index contributed by atoms with van der Waals surface area (Å²) in [5.41, 5.74) is 1.13. The topological polar surface area (TPSA) is 53.4 Å². The zero-order chi connectivity index (χ0) is 13.7. The summed E-state index contributed by atoms with van der Waals surface area (Å²) in [4.78, 5) is 16.2. The zero-order valence-corrected chi connectivity index (χ0v) is 11.8. The van der Waals surface area contributed by atoms with Gasteiger partial charge in [-0.1, -0.05) is 0 Å². The third-order valence-corrected chi connectivity index (χ3v) is 3.31. The van der Waals surface area contributed by atoms with Crippen LogP contribution in [-0.2, 0) is 18.4 Å². The van der Waals surface area contributed by atoms with Crippen molar-refractivity contribution in [3.8, 4) is 0 Å². The number of amides is 1. The second-order valence-electron chi connectivity index (χ2n) is 5.18. The molecule has 0 aliphatic carbocycles. The summed E-state index contributed by atoms with van der Waals surface area (Å²) >= 11 is 0. The molecule has 2 rings (SSSR count). The van der Waals surface area contributed by atoms with E-state index in [4.69, 9.17) is 0 Å². The van der Waals surface area contributed by atoms with Gasteiger partial charge in [-0.2, -0.15) is 5.10 Å². The Kier molecular flexibility index (Phi) is 4.93. The summed E-state index contributed by atoms with van der Waals surface area (Å²) in [6.45, 7) is 4.82. The average Bonchev–Trinajstić information content (AvgIpc) is 2.64. The van der Waals surface area contributed by atoms with Crippen molar-refractivity contribution >= 4 is 5.91 Å². The highest BCUT2D eigenvalue weighted by Gasteiger charge is 2.16. The van der Waals surface area contributed by atoms with Crippen molar-refractivity contribution in [3.05, 3.63) is 18.0 Å². The second kappa shape index (κ2) is 6.68. The number of rotatable bonds is 4. The Hall–Kier alpha value is -1.40. The van der Waals surface area contributed by atoms with E-state index in [0.717, 1.165) is 44.7 Å². The molecule has 1 saturated heterocycles. The molecule has 1 aliphatic heterocycles. The number of hydrogen-bond donors (Lipinski definition) is 1. The molecule has 1 aromatic heterocycles. The van der Waals surface area contributed by atoms with Crippen molar-refractivity contribution in [2.75, 3.05) is 39.8 Å². The number of nitrogens with one attached hydrogen (secondary N) is 1. The molecule has 6 nitrogen and oxygen atoms in total. The third kappa shape index (κ3) is 4.33. The zero-order valence-electron chi connectivity index (χ0n) is 11.8. The van der Waals surface area contributed by atoms with Gasteiger partial charge in [0, 0.05) is 45.0 Å². The first-order chi connectivity index (χ1) is 9.15. The predicted octanol–water partition coefficient (Wildman–Crippen LogP) is -0.326. The molecule has 0 aromatic carbocycles. The molecule has 1 aliphatic rings. The van der Waals surface area contributed by atoms with E-state index >= 15 is 0 Å². The Balaban J connectivity index is 1.80. The van der Waals surface area contributed by atoms with Crippen LogP contribution in [0.15, 0.2) is 12.4 Å². The molecule has 1 amide bonds. The number of nitrogens with zero attached hydrogens (tertiary/aromatic N) is 4. The van der Waals surface area contributed by atoms with Crippen LogP contribution < -0.4 is 5.32 Å². The van der Waals surface area contributed by atoms with Crippen LogP contribution in [0.2, 0.25) is 0 Å². The van der Waals surface area contributed by atoms with E-state index in [1.54, 1.807) is 4.68 Å². The van der Waals surface area contributed by atoms with Crippen molar-refractivity contribution < 1.29 is 4.79 Å². The van der Waals surface area contributed by atoms with Crippen LogP contribution in [-0.4, -0.2) is 65.3 Å². The molecular weight excluding hydrogens is 242 g/mol.